The number of hydrogen-bond acceptors (Lipinski definition) is 4. The zero-order valence-electron chi connectivity index (χ0n) is 9.20. The van der Waals surface area contributed by atoms with Gasteiger partial charge in [-0.2, -0.15) is 5.26 Å². The van der Waals surface area contributed by atoms with Gasteiger partial charge in [0.2, 0.25) is 0 Å². The van der Waals surface area contributed by atoms with Crippen LogP contribution in [0.4, 0.5) is 0 Å². The standard InChI is InChI=1S/C12H10BrNO3/c1-2-17-11(16)5-8-3-4-9(7-15)12(13)10(8)6-14/h3-4,7H,2,5H2,1H3. The largest absolute Gasteiger partial charge is 0.466 e. The van der Waals surface area contributed by atoms with Gasteiger partial charge in [-0.1, -0.05) is 12.1 Å². The molecule has 0 aromatic heterocycles. The molecule has 1 aromatic carbocycles. The topological polar surface area (TPSA) is 67.2 Å². The fourth-order valence-electron chi connectivity index (χ4n) is 1.36. The molecule has 4 nitrogen and oxygen atoms in total. The number of carbonyl (C=O) groups is 2. The van der Waals surface area contributed by atoms with E-state index in [2.05, 4.69) is 15.9 Å². The quantitative estimate of drug-likeness (QED) is 0.631. The molecular weight excluding hydrogens is 286 g/mol. The van der Waals surface area contributed by atoms with Crippen molar-refractivity contribution >= 4 is 28.2 Å². The summed E-state index contributed by atoms with van der Waals surface area (Å²) in [5.41, 5.74) is 1.22. The van der Waals surface area contributed by atoms with Crippen molar-refractivity contribution in [3.8, 4) is 6.07 Å². The summed E-state index contributed by atoms with van der Waals surface area (Å²) in [6, 6.07) is 5.12. The van der Waals surface area contributed by atoms with Gasteiger partial charge in [0, 0.05) is 10.0 Å². The number of esters is 1. The van der Waals surface area contributed by atoms with Crippen molar-refractivity contribution in [2.24, 2.45) is 0 Å². The molecule has 0 saturated carbocycles. The van der Waals surface area contributed by atoms with Gasteiger partial charge in [0.05, 0.1) is 18.6 Å². The molecule has 0 aliphatic carbocycles. The maximum absolute atomic E-state index is 11.3. The highest BCUT2D eigenvalue weighted by Crippen LogP contribution is 2.24. The van der Waals surface area contributed by atoms with Gasteiger partial charge in [0.15, 0.2) is 6.29 Å². The monoisotopic (exact) mass is 295 g/mol. The third kappa shape index (κ3) is 3.14. The van der Waals surface area contributed by atoms with Crippen LogP contribution in [-0.4, -0.2) is 18.9 Å². The highest BCUT2D eigenvalue weighted by Gasteiger charge is 2.14. The molecule has 0 spiro atoms. The first-order chi connectivity index (χ1) is 8.13. The minimum atomic E-state index is -0.394. The van der Waals surface area contributed by atoms with Crippen LogP contribution in [0.5, 0.6) is 0 Å². The van der Waals surface area contributed by atoms with E-state index in [9.17, 15) is 9.59 Å². The number of rotatable bonds is 4. The Morgan fingerprint density at radius 3 is 2.82 bits per heavy atom. The summed E-state index contributed by atoms with van der Waals surface area (Å²) in [4.78, 5) is 22.0. The molecule has 0 saturated heterocycles. The van der Waals surface area contributed by atoms with E-state index >= 15 is 0 Å². The summed E-state index contributed by atoms with van der Waals surface area (Å²) in [6.07, 6.45) is 0.674. The van der Waals surface area contributed by atoms with Crippen molar-refractivity contribution < 1.29 is 14.3 Å². The fourth-order valence-corrected chi connectivity index (χ4v) is 1.93. The van der Waals surface area contributed by atoms with Gasteiger partial charge in [-0.25, -0.2) is 0 Å². The van der Waals surface area contributed by atoms with Gasteiger partial charge in [-0.05, 0) is 28.4 Å². The lowest BCUT2D eigenvalue weighted by Gasteiger charge is -2.07. The van der Waals surface area contributed by atoms with E-state index in [0.717, 1.165) is 0 Å². The van der Waals surface area contributed by atoms with Gasteiger partial charge in [0.1, 0.15) is 6.07 Å². The normalized spacial score (nSPS) is 9.47. The van der Waals surface area contributed by atoms with E-state index < -0.39 is 5.97 Å². The highest BCUT2D eigenvalue weighted by molar-refractivity contribution is 9.10. The number of nitriles is 1. The van der Waals surface area contributed by atoms with Crippen molar-refractivity contribution in [2.45, 2.75) is 13.3 Å². The van der Waals surface area contributed by atoms with Crippen molar-refractivity contribution in [1.29, 1.82) is 5.26 Å². The third-order valence-corrected chi connectivity index (χ3v) is 2.99. The first-order valence-electron chi connectivity index (χ1n) is 4.96. The van der Waals surface area contributed by atoms with E-state index in [1.807, 2.05) is 6.07 Å². The van der Waals surface area contributed by atoms with Crippen LogP contribution in [0.25, 0.3) is 0 Å². The maximum Gasteiger partial charge on any atom is 0.310 e. The highest BCUT2D eigenvalue weighted by atomic mass is 79.9. The number of nitrogens with zero attached hydrogens (tertiary/aromatic N) is 1. The second kappa shape index (κ2) is 6.16. The van der Waals surface area contributed by atoms with Crippen molar-refractivity contribution in [1.82, 2.24) is 0 Å². The van der Waals surface area contributed by atoms with Gasteiger partial charge >= 0.3 is 5.97 Å². The lowest BCUT2D eigenvalue weighted by molar-refractivity contribution is -0.142. The molecule has 88 valence electrons. The summed E-state index contributed by atoms with van der Waals surface area (Å²) in [5.74, 6) is -0.394. The van der Waals surface area contributed by atoms with E-state index in [-0.39, 0.29) is 6.42 Å². The van der Waals surface area contributed by atoms with E-state index in [4.69, 9.17) is 10.00 Å². The van der Waals surface area contributed by atoms with Crippen LogP contribution in [0.15, 0.2) is 16.6 Å². The number of benzene rings is 1. The Balaban J connectivity index is 3.10. The molecule has 0 N–H and O–H groups in total. The Morgan fingerprint density at radius 1 is 1.59 bits per heavy atom. The zero-order chi connectivity index (χ0) is 12.8. The molecule has 0 aliphatic heterocycles. The predicted octanol–water partition coefficient (Wildman–Crippen LogP) is 2.24. The number of carbonyl (C=O) groups excluding carboxylic acids is 2. The number of halogens is 1. The van der Waals surface area contributed by atoms with Gasteiger partial charge in [-0.15, -0.1) is 0 Å². The lowest BCUT2D eigenvalue weighted by atomic mass is 10.0. The van der Waals surface area contributed by atoms with Crippen molar-refractivity contribution in [3.63, 3.8) is 0 Å². The minimum Gasteiger partial charge on any atom is -0.466 e. The van der Waals surface area contributed by atoms with Crippen molar-refractivity contribution in [3.05, 3.63) is 33.3 Å². The third-order valence-electron chi connectivity index (χ3n) is 2.14. The second-order valence-corrected chi connectivity index (χ2v) is 4.01. The first kappa shape index (κ1) is 13.4. The number of hydrogen-bond donors (Lipinski definition) is 0. The SMILES string of the molecule is CCOC(=O)Cc1ccc(C=O)c(Br)c1C#N. The first-order valence-corrected chi connectivity index (χ1v) is 5.75. The van der Waals surface area contributed by atoms with Crippen molar-refractivity contribution in [2.75, 3.05) is 6.61 Å². The smallest absolute Gasteiger partial charge is 0.310 e. The molecule has 0 fully saturated rings. The average molecular weight is 296 g/mol. The Hall–Kier alpha value is -1.67. The van der Waals surface area contributed by atoms with Crippen LogP contribution in [0.2, 0.25) is 0 Å². The molecule has 0 atom stereocenters. The molecular formula is C12H10BrNO3. The number of aldehydes is 1. The zero-order valence-corrected chi connectivity index (χ0v) is 10.8. The Labute approximate surface area is 107 Å². The second-order valence-electron chi connectivity index (χ2n) is 3.21. The molecule has 5 heteroatoms. The van der Waals surface area contributed by atoms with Crippen LogP contribution >= 0.6 is 15.9 Å². The molecule has 0 amide bonds. The molecule has 1 rings (SSSR count). The van der Waals surface area contributed by atoms with Gasteiger partial charge in [0.25, 0.3) is 0 Å². The molecule has 0 bridgehead atoms. The molecule has 0 heterocycles. The summed E-state index contributed by atoms with van der Waals surface area (Å²) in [5, 5.41) is 9.01. The van der Waals surface area contributed by atoms with E-state index in [1.165, 1.54) is 0 Å². The molecule has 17 heavy (non-hydrogen) atoms. The Kier molecular flexibility index (Phi) is 4.85. The summed E-state index contributed by atoms with van der Waals surface area (Å²) < 4.78 is 5.22. The van der Waals surface area contributed by atoms with E-state index in [1.54, 1.807) is 19.1 Å². The number of ether oxygens (including phenoxy) is 1. The molecule has 0 aliphatic rings. The minimum absolute atomic E-state index is 0.0223. The van der Waals surface area contributed by atoms with Crippen LogP contribution in [0.3, 0.4) is 0 Å². The average Bonchev–Trinajstić information content (AvgIpc) is 2.30. The summed E-state index contributed by atoms with van der Waals surface area (Å²) in [6.45, 7) is 2.02. The molecule has 0 unspecified atom stereocenters. The maximum atomic E-state index is 11.3. The van der Waals surface area contributed by atoms with Crippen LogP contribution < -0.4 is 0 Å². The molecule has 1 aromatic rings. The van der Waals surface area contributed by atoms with Crippen LogP contribution in [-0.2, 0) is 16.0 Å². The summed E-state index contributed by atoms with van der Waals surface area (Å²) >= 11 is 3.18. The molecule has 0 radical (unpaired) electrons. The van der Waals surface area contributed by atoms with Crippen LogP contribution in [0, 0.1) is 11.3 Å². The van der Waals surface area contributed by atoms with E-state index in [0.29, 0.717) is 34.1 Å². The Bertz CT molecular complexity index is 491. The Morgan fingerprint density at radius 2 is 2.29 bits per heavy atom. The fraction of sp³-hybridized carbons (Fsp3) is 0.250. The predicted molar refractivity (Wildman–Crippen MR) is 64.6 cm³/mol. The summed E-state index contributed by atoms with van der Waals surface area (Å²) in [7, 11) is 0. The van der Waals surface area contributed by atoms with Crippen LogP contribution in [0.1, 0.15) is 28.4 Å². The lowest BCUT2D eigenvalue weighted by Crippen LogP contribution is -2.09. The van der Waals surface area contributed by atoms with Gasteiger partial charge < -0.3 is 4.74 Å². The van der Waals surface area contributed by atoms with Gasteiger partial charge in [-0.3, -0.25) is 9.59 Å².